The molecule has 1 atom stereocenters. The number of hydrogen-bond acceptors (Lipinski definition) is 5. The number of likely N-dealkylation sites (N-methyl/N-ethyl adjacent to an activating group) is 1. The van der Waals surface area contributed by atoms with Crippen molar-refractivity contribution in [3.63, 3.8) is 0 Å². The Morgan fingerprint density at radius 1 is 1.00 bits per heavy atom. The molecule has 0 bridgehead atoms. The maximum absolute atomic E-state index is 13.7. The largest absolute Gasteiger partial charge is 0.494 e. The predicted molar refractivity (Wildman–Crippen MR) is 147 cm³/mol. The van der Waals surface area contributed by atoms with Gasteiger partial charge in [-0.3, -0.25) is 9.59 Å². The Morgan fingerprint density at radius 2 is 1.75 bits per heavy atom. The van der Waals surface area contributed by atoms with Gasteiger partial charge in [0.15, 0.2) is 5.43 Å². The summed E-state index contributed by atoms with van der Waals surface area (Å²) >= 11 is 3.45. The Bertz CT molecular complexity index is 1250. The van der Waals surface area contributed by atoms with Gasteiger partial charge in [0.2, 0.25) is 5.76 Å². The van der Waals surface area contributed by atoms with Crippen molar-refractivity contribution in [3.05, 3.63) is 74.0 Å². The topological polar surface area (TPSA) is 63.0 Å². The molecule has 0 saturated carbocycles. The van der Waals surface area contributed by atoms with E-state index in [1.54, 1.807) is 17.0 Å². The number of benzene rings is 2. The smallest absolute Gasteiger partial charge is 0.290 e. The molecule has 4 rings (SSSR count). The van der Waals surface area contributed by atoms with Gasteiger partial charge in [0.25, 0.3) is 5.91 Å². The first-order valence-corrected chi connectivity index (χ1v) is 13.8. The lowest BCUT2D eigenvalue weighted by atomic mass is 9.98. The highest BCUT2D eigenvalue weighted by Gasteiger charge is 2.42. The van der Waals surface area contributed by atoms with Crippen LogP contribution in [0.3, 0.4) is 0 Å². The SMILES string of the molecule is CCCCCCOc1ccc(C2c3c(oc4ccc(Br)cc4c3=O)C(=O)N2CCN(CC)CC)cc1. The Balaban J connectivity index is 1.68. The molecule has 192 valence electrons. The number of nitrogens with zero attached hydrogens (tertiary/aromatic N) is 2. The summed E-state index contributed by atoms with van der Waals surface area (Å²) in [6.07, 6.45) is 4.61. The third-order valence-corrected chi connectivity index (χ3v) is 7.43. The molecule has 0 saturated heterocycles. The average molecular weight is 556 g/mol. The zero-order chi connectivity index (χ0) is 25.7. The third-order valence-electron chi connectivity index (χ3n) is 6.94. The van der Waals surface area contributed by atoms with E-state index >= 15 is 0 Å². The van der Waals surface area contributed by atoms with Crippen molar-refractivity contribution in [2.45, 2.75) is 52.5 Å². The number of halogens is 1. The number of rotatable bonds is 12. The number of carbonyl (C=O) groups excluding carboxylic acids is 1. The number of unbranched alkanes of at least 4 members (excludes halogenated alkanes) is 3. The van der Waals surface area contributed by atoms with Crippen LogP contribution in [-0.4, -0.2) is 48.5 Å². The molecular formula is C29H35BrN2O4. The molecule has 1 aliphatic heterocycles. The summed E-state index contributed by atoms with van der Waals surface area (Å²) < 4.78 is 12.8. The van der Waals surface area contributed by atoms with Gasteiger partial charge >= 0.3 is 0 Å². The van der Waals surface area contributed by atoms with Gasteiger partial charge in [0, 0.05) is 17.6 Å². The molecule has 1 aromatic heterocycles. The summed E-state index contributed by atoms with van der Waals surface area (Å²) in [5.74, 6) is 0.708. The molecule has 0 fully saturated rings. The first-order chi connectivity index (χ1) is 17.5. The van der Waals surface area contributed by atoms with Crippen molar-refractivity contribution in [2.24, 2.45) is 0 Å². The predicted octanol–water partition coefficient (Wildman–Crippen LogP) is 6.40. The number of ether oxygens (including phenoxy) is 1. The molecule has 0 radical (unpaired) electrons. The summed E-state index contributed by atoms with van der Waals surface area (Å²) in [6.45, 7) is 10.1. The fourth-order valence-corrected chi connectivity index (χ4v) is 5.19. The number of fused-ring (bicyclic) bond motifs is 2. The summed E-state index contributed by atoms with van der Waals surface area (Å²) in [5.41, 5.74) is 1.55. The molecule has 1 unspecified atom stereocenters. The molecule has 3 aromatic rings. The number of hydrogen-bond donors (Lipinski definition) is 0. The zero-order valence-electron chi connectivity index (χ0n) is 21.4. The highest BCUT2D eigenvalue weighted by molar-refractivity contribution is 9.10. The van der Waals surface area contributed by atoms with Gasteiger partial charge in [0.1, 0.15) is 11.3 Å². The van der Waals surface area contributed by atoms with Crippen LogP contribution in [0, 0.1) is 0 Å². The van der Waals surface area contributed by atoms with E-state index in [1.165, 1.54) is 12.8 Å². The highest BCUT2D eigenvalue weighted by atomic mass is 79.9. The average Bonchev–Trinajstić information content (AvgIpc) is 3.17. The molecule has 0 aliphatic carbocycles. The van der Waals surface area contributed by atoms with Crippen molar-refractivity contribution < 1.29 is 13.9 Å². The Hall–Kier alpha value is -2.64. The normalized spacial score (nSPS) is 15.2. The monoisotopic (exact) mass is 554 g/mol. The van der Waals surface area contributed by atoms with Crippen LogP contribution in [0.15, 0.2) is 56.1 Å². The molecule has 7 heteroatoms. The van der Waals surface area contributed by atoms with Crippen molar-refractivity contribution in [1.29, 1.82) is 0 Å². The van der Waals surface area contributed by atoms with Gasteiger partial charge in [-0.05, 0) is 55.4 Å². The lowest BCUT2D eigenvalue weighted by Crippen LogP contribution is -2.37. The standard InChI is InChI=1S/C29H35BrN2O4/c1-4-7-8-9-18-35-22-13-10-20(11-14-22)26-25-27(33)23-19-21(30)12-15-24(23)36-28(25)29(34)32(26)17-16-31(5-2)6-3/h10-15,19,26H,4-9,16-18H2,1-3H3. The van der Waals surface area contributed by atoms with E-state index in [0.29, 0.717) is 29.7 Å². The fraction of sp³-hybridized carbons (Fsp3) is 0.448. The van der Waals surface area contributed by atoms with E-state index in [1.807, 2.05) is 30.3 Å². The molecule has 6 nitrogen and oxygen atoms in total. The number of carbonyl (C=O) groups is 1. The minimum atomic E-state index is -0.499. The molecule has 0 spiro atoms. The van der Waals surface area contributed by atoms with Crippen molar-refractivity contribution in [3.8, 4) is 5.75 Å². The van der Waals surface area contributed by atoms with Crippen LogP contribution in [0.5, 0.6) is 5.75 Å². The van der Waals surface area contributed by atoms with Crippen LogP contribution in [0.1, 0.15) is 74.2 Å². The highest BCUT2D eigenvalue weighted by Crippen LogP contribution is 2.38. The second kappa shape index (κ2) is 12.1. The summed E-state index contributed by atoms with van der Waals surface area (Å²) in [5, 5.41) is 0.471. The summed E-state index contributed by atoms with van der Waals surface area (Å²) in [7, 11) is 0. The van der Waals surface area contributed by atoms with Crippen LogP contribution in [-0.2, 0) is 0 Å². The van der Waals surface area contributed by atoms with Gasteiger partial charge in [-0.2, -0.15) is 0 Å². The van der Waals surface area contributed by atoms with Gasteiger partial charge in [-0.1, -0.05) is 68.1 Å². The quantitative estimate of drug-likeness (QED) is 0.242. The first kappa shape index (κ1) is 26.4. The Morgan fingerprint density at radius 3 is 2.44 bits per heavy atom. The number of amides is 1. The molecule has 0 N–H and O–H groups in total. The van der Waals surface area contributed by atoms with E-state index in [-0.39, 0.29) is 17.1 Å². The molecule has 1 aliphatic rings. The molecule has 2 heterocycles. The second-order valence-electron chi connectivity index (χ2n) is 9.22. The summed E-state index contributed by atoms with van der Waals surface area (Å²) in [4.78, 5) is 31.3. The molecule has 1 amide bonds. The fourth-order valence-electron chi connectivity index (χ4n) is 4.82. The van der Waals surface area contributed by atoms with Crippen LogP contribution in [0.2, 0.25) is 0 Å². The van der Waals surface area contributed by atoms with Crippen LogP contribution in [0.25, 0.3) is 11.0 Å². The van der Waals surface area contributed by atoms with E-state index < -0.39 is 6.04 Å². The molecular weight excluding hydrogens is 520 g/mol. The van der Waals surface area contributed by atoms with Crippen LogP contribution >= 0.6 is 15.9 Å². The van der Waals surface area contributed by atoms with Gasteiger partial charge in [0.05, 0.1) is 23.6 Å². The van der Waals surface area contributed by atoms with Crippen molar-refractivity contribution >= 4 is 32.8 Å². The van der Waals surface area contributed by atoms with Crippen molar-refractivity contribution in [1.82, 2.24) is 9.80 Å². The first-order valence-electron chi connectivity index (χ1n) is 13.0. The van der Waals surface area contributed by atoms with Crippen LogP contribution in [0.4, 0.5) is 0 Å². The van der Waals surface area contributed by atoms with Gasteiger partial charge in [-0.15, -0.1) is 0 Å². The van der Waals surface area contributed by atoms with Gasteiger partial charge < -0.3 is 19.0 Å². The minimum Gasteiger partial charge on any atom is -0.494 e. The third kappa shape index (κ3) is 5.52. The van der Waals surface area contributed by atoms with Crippen LogP contribution < -0.4 is 10.2 Å². The Labute approximate surface area is 221 Å². The lowest BCUT2D eigenvalue weighted by Gasteiger charge is -2.28. The zero-order valence-corrected chi connectivity index (χ0v) is 23.0. The Kier molecular flexibility index (Phi) is 8.86. The van der Waals surface area contributed by atoms with Gasteiger partial charge in [-0.25, -0.2) is 0 Å². The van der Waals surface area contributed by atoms with E-state index in [4.69, 9.17) is 9.15 Å². The van der Waals surface area contributed by atoms with E-state index in [9.17, 15) is 9.59 Å². The van der Waals surface area contributed by atoms with Crippen molar-refractivity contribution in [2.75, 3.05) is 32.8 Å². The second-order valence-corrected chi connectivity index (χ2v) is 10.1. The molecule has 36 heavy (non-hydrogen) atoms. The maximum Gasteiger partial charge on any atom is 0.290 e. The minimum absolute atomic E-state index is 0.149. The summed E-state index contributed by atoms with van der Waals surface area (Å²) in [6, 6.07) is 12.6. The molecule has 2 aromatic carbocycles. The van der Waals surface area contributed by atoms with E-state index in [2.05, 4.69) is 41.6 Å². The lowest BCUT2D eigenvalue weighted by molar-refractivity contribution is 0.0708. The van der Waals surface area contributed by atoms with E-state index in [0.717, 1.165) is 48.3 Å². The maximum atomic E-state index is 13.7.